The molecule has 7 heteroatoms. The number of hydrogen-bond donors (Lipinski definition) is 1. The van der Waals surface area contributed by atoms with Gasteiger partial charge in [0.25, 0.3) is 0 Å². The quantitative estimate of drug-likeness (QED) is 0.675. The third-order valence-corrected chi connectivity index (χ3v) is 5.42. The number of methoxy groups -OCH3 is 1. The number of carbonyl (C=O) groups excluding carboxylic acids is 1. The van der Waals surface area contributed by atoms with E-state index in [4.69, 9.17) is 4.74 Å². The number of amides is 2. The highest BCUT2D eigenvalue weighted by Crippen LogP contribution is 2.22. The van der Waals surface area contributed by atoms with Gasteiger partial charge in [-0.1, -0.05) is 24.1 Å². The Morgan fingerprint density at radius 3 is 2.57 bits per heavy atom. The minimum Gasteiger partial charge on any atom is -0.497 e. The Bertz CT molecular complexity index is 995. The minimum absolute atomic E-state index is 0.213. The van der Waals surface area contributed by atoms with Gasteiger partial charge in [-0.05, 0) is 56.2 Å². The number of fused-ring (bicyclic) bond motifs is 1. The highest BCUT2D eigenvalue weighted by Gasteiger charge is 2.22. The van der Waals surface area contributed by atoms with E-state index in [1.807, 2.05) is 55.5 Å². The van der Waals surface area contributed by atoms with Crippen molar-refractivity contribution in [2.24, 2.45) is 0 Å². The molecule has 0 spiro atoms. The first-order valence-corrected chi connectivity index (χ1v) is 10.3. The van der Waals surface area contributed by atoms with Crippen molar-refractivity contribution in [3.05, 3.63) is 65.7 Å². The van der Waals surface area contributed by atoms with E-state index in [-0.39, 0.29) is 6.03 Å². The maximum Gasteiger partial charge on any atom is 0.326 e. The summed E-state index contributed by atoms with van der Waals surface area (Å²) in [6.45, 7) is 3.29. The Balaban J connectivity index is 1.60. The maximum atomic E-state index is 13.2. The molecule has 30 heavy (non-hydrogen) atoms. The van der Waals surface area contributed by atoms with Crippen molar-refractivity contribution < 1.29 is 9.53 Å². The van der Waals surface area contributed by atoms with Crippen LogP contribution in [-0.4, -0.2) is 27.9 Å². The van der Waals surface area contributed by atoms with Gasteiger partial charge in [0.05, 0.1) is 13.7 Å². The van der Waals surface area contributed by atoms with Gasteiger partial charge in [-0.3, -0.25) is 4.90 Å². The molecule has 7 nitrogen and oxygen atoms in total. The lowest BCUT2D eigenvalue weighted by Crippen LogP contribution is -2.35. The second-order valence-corrected chi connectivity index (χ2v) is 7.58. The fourth-order valence-electron chi connectivity index (χ4n) is 3.67. The number of rotatable bonds is 5. The summed E-state index contributed by atoms with van der Waals surface area (Å²) in [6.07, 6.45) is 4.39. The van der Waals surface area contributed by atoms with Crippen LogP contribution in [0.15, 0.2) is 48.5 Å². The number of hydrogen-bond acceptors (Lipinski definition) is 4. The van der Waals surface area contributed by atoms with Crippen molar-refractivity contribution in [3.63, 3.8) is 0 Å². The van der Waals surface area contributed by atoms with Gasteiger partial charge in [0, 0.05) is 24.3 Å². The molecular weight excluding hydrogens is 378 g/mol. The molecule has 1 aliphatic heterocycles. The molecule has 2 amide bonds. The largest absolute Gasteiger partial charge is 0.497 e. The minimum atomic E-state index is -0.213. The summed E-state index contributed by atoms with van der Waals surface area (Å²) < 4.78 is 7.37. The summed E-state index contributed by atoms with van der Waals surface area (Å²) in [5.74, 6) is 2.58. The van der Waals surface area contributed by atoms with Crippen LogP contribution in [0.4, 0.5) is 16.2 Å². The van der Waals surface area contributed by atoms with Crippen LogP contribution in [-0.2, 0) is 19.5 Å². The van der Waals surface area contributed by atoms with Gasteiger partial charge in [0.15, 0.2) is 5.82 Å². The molecule has 3 aromatic rings. The Morgan fingerprint density at radius 2 is 1.83 bits per heavy atom. The molecule has 0 radical (unpaired) electrons. The van der Waals surface area contributed by atoms with E-state index in [0.29, 0.717) is 12.2 Å². The summed E-state index contributed by atoms with van der Waals surface area (Å²) in [7, 11) is 1.62. The van der Waals surface area contributed by atoms with E-state index in [0.717, 1.165) is 54.5 Å². The first-order chi connectivity index (χ1) is 14.6. The van der Waals surface area contributed by atoms with Crippen LogP contribution in [0.3, 0.4) is 0 Å². The van der Waals surface area contributed by atoms with Crippen molar-refractivity contribution in [2.45, 2.75) is 45.7 Å². The van der Waals surface area contributed by atoms with Gasteiger partial charge >= 0.3 is 6.03 Å². The highest BCUT2D eigenvalue weighted by atomic mass is 16.5. The number of nitrogens with one attached hydrogen (secondary N) is 1. The number of carbonyl (C=O) groups is 1. The average molecular weight is 406 g/mol. The second kappa shape index (κ2) is 8.98. The zero-order chi connectivity index (χ0) is 20.9. The number of benzene rings is 2. The van der Waals surface area contributed by atoms with E-state index in [1.54, 1.807) is 12.0 Å². The molecule has 4 rings (SSSR count). The lowest BCUT2D eigenvalue weighted by Gasteiger charge is -2.23. The standard InChI is InChI=1S/C23H27N5O2/c1-17-7-11-19(12-8-17)28(23(29)24-18-9-13-20(30-2)14-10-18)16-22-26-25-21-6-4-3-5-15-27(21)22/h7-14H,3-6,15-16H2,1-2H3,(H,24,29). The lowest BCUT2D eigenvalue weighted by molar-refractivity contribution is 0.256. The molecule has 156 valence electrons. The first-order valence-electron chi connectivity index (χ1n) is 10.3. The molecular formula is C23H27N5O2. The molecule has 0 atom stereocenters. The second-order valence-electron chi connectivity index (χ2n) is 7.58. The molecule has 0 bridgehead atoms. The van der Waals surface area contributed by atoms with Crippen LogP contribution >= 0.6 is 0 Å². The number of aromatic nitrogens is 3. The predicted molar refractivity (Wildman–Crippen MR) is 117 cm³/mol. The summed E-state index contributed by atoms with van der Waals surface area (Å²) >= 11 is 0. The van der Waals surface area contributed by atoms with Gasteiger partial charge in [-0.15, -0.1) is 10.2 Å². The SMILES string of the molecule is COc1ccc(NC(=O)N(Cc2nnc3n2CCCCC3)c2ccc(C)cc2)cc1. The number of urea groups is 1. The number of ether oxygens (including phenoxy) is 1. The monoisotopic (exact) mass is 405 g/mol. The average Bonchev–Trinajstić information content (AvgIpc) is 2.98. The summed E-state index contributed by atoms with van der Waals surface area (Å²) in [6, 6.07) is 15.0. The number of anilines is 2. The lowest BCUT2D eigenvalue weighted by atomic mass is 10.2. The molecule has 0 saturated heterocycles. The molecule has 0 aliphatic carbocycles. The Kier molecular flexibility index (Phi) is 5.97. The van der Waals surface area contributed by atoms with E-state index in [9.17, 15) is 4.79 Å². The van der Waals surface area contributed by atoms with Gasteiger partial charge in [0.2, 0.25) is 0 Å². The van der Waals surface area contributed by atoms with Crippen molar-refractivity contribution in [3.8, 4) is 5.75 Å². The van der Waals surface area contributed by atoms with Gasteiger partial charge in [-0.2, -0.15) is 0 Å². The van der Waals surface area contributed by atoms with Crippen molar-refractivity contribution in [1.82, 2.24) is 14.8 Å². The van der Waals surface area contributed by atoms with Crippen LogP contribution in [0.1, 0.15) is 36.5 Å². The third-order valence-electron chi connectivity index (χ3n) is 5.42. The molecule has 0 unspecified atom stereocenters. The van der Waals surface area contributed by atoms with Gasteiger partial charge < -0.3 is 14.6 Å². The molecule has 2 heterocycles. The van der Waals surface area contributed by atoms with Crippen LogP contribution in [0.2, 0.25) is 0 Å². The summed E-state index contributed by atoms with van der Waals surface area (Å²) in [4.78, 5) is 15.0. The van der Waals surface area contributed by atoms with Crippen LogP contribution in [0.25, 0.3) is 0 Å². The zero-order valence-corrected chi connectivity index (χ0v) is 17.5. The van der Waals surface area contributed by atoms with Crippen molar-refractivity contribution in [2.75, 3.05) is 17.3 Å². The molecule has 2 aromatic carbocycles. The van der Waals surface area contributed by atoms with Crippen molar-refractivity contribution in [1.29, 1.82) is 0 Å². The van der Waals surface area contributed by atoms with E-state index < -0.39 is 0 Å². The fourth-order valence-corrected chi connectivity index (χ4v) is 3.67. The molecule has 0 fully saturated rings. The molecule has 0 saturated carbocycles. The summed E-state index contributed by atoms with van der Waals surface area (Å²) in [5, 5.41) is 11.8. The maximum absolute atomic E-state index is 13.2. The van der Waals surface area contributed by atoms with Crippen LogP contribution < -0.4 is 15.0 Å². The third kappa shape index (κ3) is 4.45. The number of nitrogens with zero attached hydrogens (tertiary/aromatic N) is 4. The first kappa shape index (κ1) is 19.9. The van der Waals surface area contributed by atoms with Crippen LogP contribution in [0.5, 0.6) is 5.75 Å². The van der Waals surface area contributed by atoms with E-state index in [1.165, 1.54) is 6.42 Å². The molecule has 1 N–H and O–H groups in total. The highest BCUT2D eigenvalue weighted by molar-refractivity contribution is 6.01. The number of aryl methyl sites for hydroxylation is 2. The zero-order valence-electron chi connectivity index (χ0n) is 17.5. The smallest absolute Gasteiger partial charge is 0.326 e. The fraction of sp³-hybridized carbons (Fsp3) is 0.348. The van der Waals surface area contributed by atoms with E-state index in [2.05, 4.69) is 20.1 Å². The Morgan fingerprint density at radius 1 is 1.07 bits per heavy atom. The molecule has 1 aliphatic rings. The van der Waals surface area contributed by atoms with Gasteiger partial charge in [0.1, 0.15) is 11.6 Å². The van der Waals surface area contributed by atoms with Crippen molar-refractivity contribution >= 4 is 17.4 Å². The predicted octanol–water partition coefficient (Wildman–Crippen LogP) is 4.56. The van der Waals surface area contributed by atoms with Gasteiger partial charge in [-0.25, -0.2) is 4.79 Å². The molecule has 1 aromatic heterocycles. The Labute approximate surface area is 176 Å². The topological polar surface area (TPSA) is 72.3 Å². The normalized spacial score (nSPS) is 13.3. The Hall–Kier alpha value is -3.35. The summed E-state index contributed by atoms with van der Waals surface area (Å²) in [5.41, 5.74) is 2.67. The van der Waals surface area contributed by atoms with E-state index >= 15 is 0 Å². The van der Waals surface area contributed by atoms with Crippen LogP contribution in [0, 0.1) is 6.92 Å².